The molecule has 0 radical (unpaired) electrons. The van der Waals surface area contributed by atoms with Gasteiger partial charge in [-0.3, -0.25) is 0 Å². The van der Waals surface area contributed by atoms with Crippen LogP contribution in [0.4, 0.5) is 0 Å². The van der Waals surface area contributed by atoms with Crippen LogP contribution in [0, 0.1) is 0 Å². The number of allylic oxidation sites excluding steroid dienone is 3. The van der Waals surface area contributed by atoms with E-state index in [1.165, 1.54) is 13.2 Å². The van der Waals surface area contributed by atoms with E-state index in [0.29, 0.717) is 0 Å². The van der Waals surface area contributed by atoms with Crippen molar-refractivity contribution in [2.45, 2.75) is 58.7 Å². The molecule has 0 rings (SSSR count). The topological polar surface area (TPSA) is 35.5 Å². The minimum Gasteiger partial charge on any atom is -0.466 e. The van der Waals surface area contributed by atoms with Gasteiger partial charge in [0, 0.05) is 12.7 Å². The summed E-state index contributed by atoms with van der Waals surface area (Å²) in [7, 11) is -0.234. The number of hydrogen-bond acceptors (Lipinski definition) is 3. The normalized spacial score (nSPS) is 13.8. The Morgan fingerprint density at radius 3 is 2.30 bits per heavy atom. The second-order valence-corrected chi connectivity index (χ2v) is 11.4. The van der Waals surface area contributed by atoms with Crippen LogP contribution >= 0.6 is 0 Å². The maximum atomic E-state index is 10.9. The minimum absolute atomic E-state index is 0.266. The molecule has 0 unspecified atom stereocenters. The van der Waals surface area contributed by atoms with Crippen molar-refractivity contribution >= 4 is 14.3 Å². The largest absolute Gasteiger partial charge is 0.466 e. The van der Waals surface area contributed by atoms with Crippen LogP contribution in [0.3, 0.4) is 0 Å². The molecule has 0 heterocycles. The van der Waals surface area contributed by atoms with E-state index < -0.39 is 8.32 Å². The molecule has 0 saturated heterocycles. The highest BCUT2D eigenvalue weighted by Crippen LogP contribution is 2.36. The summed E-state index contributed by atoms with van der Waals surface area (Å²) in [6.45, 7) is 14.1. The van der Waals surface area contributed by atoms with E-state index in [1.54, 1.807) is 6.08 Å². The number of carbonyl (C=O) groups excluding carboxylic acids is 1. The fourth-order valence-corrected chi connectivity index (χ4v) is 2.38. The van der Waals surface area contributed by atoms with E-state index in [-0.39, 0.29) is 11.0 Å². The van der Waals surface area contributed by atoms with Crippen molar-refractivity contribution in [3.05, 3.63) is 23.8 Å². The molecule has 116 valence electrons. The van der Waals surface area contributed by atoms with E-state index in [4.69, 9.17) is 4.43 Å². The van der Waals surface area contributed by atoms with Crippen molar-refractivity contribution in [1.29, 1.82) is 0 Å². The average Bonchev–Trinajstić information content (AvgIpc) is 2.33. The lowest BCUT2D eigenvalue weighted by molar-refractivity contribution is -0.134. The Hall–Kier alpha value is -0.873. The highest BCUT2D eigenvalue weighted by Gasteiger charge is 2.36. The molecule has 0 aliphatic heterocycles. The summed E-state index contributed by atoms with van der Waals surface area (Å²) in [5.74, 6) is -0.320. The third-order valence-electron chi connectivity index (χ3n) is 3.77. The van der Waals surface area contributed by atoms with Gasteiger partial charge < -0.3 is 9.16 Å². The first-order valence-electron chi connectivity index (χ1n) is 7.17. The zero-order valence-corrected chi connectivity index (χ0v) is 15.1. The van der Waals surface area contributed by atoms with Crippen LogP contribution in [0.15, 0.2) is 23.8 Å². The molecule has 0 bridgehead atoms. The molecule has 0 N–H and O–H groups in total. The third kappa shape index (κ3) is 7.65. The molecule has 0 aromatic rings. The summed E-state index contributed by atoms with van der Waals surface area (Å²) in [5.41, 5.74) is 1.07. The molecule has 0 saturated carbocycles. The Kier molecular flexibility index (Phi) is 8.05. The van der Waals surface area contributed by atoms with E-state index in [2.05, 4.69) is 44.7 Å². The number of unbranched alkanes of at least 4 members (excludes halogenated alkanes) is 1. The van der Waals surface area contributed by atoms with Gasteiger partial charge >= 0.3 is 5.97 Å². The van der Waals surface area contributed by atoms with Crippen LogP contribution in [-0.2, 0) is 14.0 Å². The second kappa shape index (κ2) is 8.42. The van der Waals surface area contributed by atoms with Crippen LogP contribution in [0.5, 0.6) is 0 Å². The van der Waals surface area contributed by atoms with E-state index in [9.17, 15) is 4.79 Å². The number of esters is 1. The summed E-state index contributed by atoms with van der Waals surface area (Å²) in [6.07, 6.45) is 7.31. The zero-order chi connectivity index (χ0) is 15.8. The molecule has 0 amide bonds. The Labute approximate surface area is 125 Å². The van der Waals surface area contributed by atoms with Gasteiger partial charge in [-0.25, -0.2) is 4.79 Å². The molecule has 0 fully saturated rings. The van der Waals surface area contributed by atoms with Crippen molar-refractivity contribution in [3.8, 4) is 0 Å². The average molecular weight is 298 g/mol. The van der Waals surface area contributed by atoms with Crippen molar-refractivity contribution in [1.82, 2.24) is 0 Å². The van der Waals surface area contributed by atoms with E-state index in [1.807, 2.05) is 6.92 Å². The van der Waals surface area contributed by atoms with Gasteiger partial charge in [0.2, 0.25) is 0 Å². The molecular formula is C16H30O3Si. The van der Waals surface area contributed by atoms with Crippen LogP contribution in [0.2, 0.25) is 18.1 Å². The maximum absolute atomic E-state index is 10.9. The lowest BCUT2D eigenvalue weighted by atomic mass is 10.2. The maximum Gasteiger partial charge on any atom is 0.330 e. The summed E-state index contributed by atoms with van der Waals surface area (Å²) in [4.78, 5) is 10.9. The van der Waals surface area contributed by atoms with Crippen molar-refractivity contribution < 1.29 is 14.0 Å². The molecule has 0 spiro atoms. The predicted molar refractivity (Wildman–Crippen MR) is 87.3 cm³/mol. The van der Waals surface area contributed by atoms with Crippen LogP contribution in [-0.4, -0.2) is 28.0 Å². The highest BCUT2D eigenvalue weighted by molar-refractivity contribution is 6.74. The molecule has 0 aromatic heterocycles. The minimum atomic E-state index is -1.61. The van der Waals surface area contributed by atoms with E-state index in [0.717, 1.165) is 25.0 Å². The van der Waals surface area contributed by atoms with Crippen LogP contribution < -0.4 is 0 Å². The van der Waals surface area contributed by atoms with Crippen molar-refractivity contribution in [3.63, 3.8) is 0 Å². The fraction of sp³-hybridized carbons (Fsp3) is 0.688. The molecular weight excluding hydrogens is 268 g/mol. The smallest absolute Gasteiger partial charge is 0.330 e. The highest BCUT2D eigenvalue weighted by atomic mass is 28.4. The lowest BCUT2D eigenvalue weighted by Crippen LogP contribution is -2.40. The molecule has 0 aromatic carbocycles. The standard InChI is InChI=1S/C16H30O3Si/c1-14(11-12-15(17)18-5)10-8-9-13-19-20(6,7)16(2,3)4/h10-12H,8-9,13H2,1-7H3/b12-11+,14-10+. The van der Waals surface area contributed by atoms with Gasteiger partial charge in [0.05, 0.1) is 7.11 Å². The zero-order valence-electron chi connectivity index (χ0n) is 14.1. The molecule has 0 atom stereocenters. The molecule has 0 aliphatic rings. The van der Waals surface area contributed by atoms with Gasteiger partial charge in [-0.1, -0.05) is 38.5 Å². The first kappa shape index (κ1) is 19.1. The first-order chi connectivity index (χ1) is 9.10. The lowest BCUT2D eigenvalue weighted by Gasteiger charge is -2.36. The Bertz CT molecular complexity index is 362. The third-order valence-corrected chi connectivity index (χ3v) is 8.31. The Balaban J connectivity index is 4.03. The SMILES string of the molecule is COC(=O)/C=C/C(C)=C/CCCO[Si](C)(C)C(C)(C)C. The number of ether oxygens (including phenoxy) is 1. The van der Waals surface area contributed by atoms with Crippen molar-refractivity contribution in [2.75, 3.05) is 13.7 Å². The van der Waals surface area contributed by atoms with Crippen LogP contribution in [0.1, 0.15) is 40.5 Å². The van der Waals surface area contributed by atoms with Gasteiger partial charge in [-0.05, 0) is 37.9 Å². The Morgan fingerprint density at radius 1 is 1.20 bits per heavy atom. The van der Waals surface area contributed by atoms with Gasteiger partial charge in [-0.2, -0.15) is 0 Å². The number of methoxy groups -OCH3 is 1. The van der Waals surface area contributed by atoms with E-state index >= 15 is 0 Å². The summed E-state index contributed by atoms with van der Waals surface area (Å²) in [5, 5.41) is 0.266. The second-order valence-electron chi connectivity index (χ2n) is 6.56. The summed E-state index contributed by atoms with van der Waals surface area (Å²) in [6, 6.07) is 0. The molecule has 4 heteroatoms. The number of hydrogen-bond donors (Lipinski definition) is 0. The number of rotatable bonds is 7. The molecule has 3 nitrogen and oxygen atoms in total. The van der Waals surface area contributed by atoms with Crippen LogP contribution in [0.25, 0.3) is 0 Å². The summed E-state index contributed by atoms with van der Waals surface area (Å²) < 4.78 is 10.7. The predicted octanol–water partition coefficient (Wildman–Crippen LogP) is 4.46. The van der Waals surface area contributed by atoms with Gasteiger partial charge in [-0.15, -0.1) is 0 Å². The monoisotopic (exact) mass is 298 g/mol. The first-order valence-corrected chi connectivity index (χ1v) is 10.1. The molecule has 0 aliphatic carbocycles. The van der Waals surface area contributed by atoms with Gasteiger partial charge in [0.25, 0.3) is 0 Å². The summed E-state index contributed by atoms with van der Waals surface area (Å²) >= 11 is 0. The van der Waals surface area contributed by atoms with Gasteiger partial charge in [0.1, 0.15) is 0 Å². The number of carbonyl (C=O) groups is 1. The quantitative estimate of drug-likeness (QED) is 0.229. The van der Waals surface area contributed by atoms with Crippen molar-refractivity contribution in [2.24, 2.45) is 0 Å². The Morgan fingerprint density at radius 2 is 1.80 bits per heavy atom. The van der Waals surface area contributed by atoms with Gasteiger partial charge in [0.15, 0.2) is 8.32 Å². The molecule has 20 heavy (non-hydrogen) atoms. The fourth-order valence-electron chi connectivity index (χ4n) is 1.29.